The molecule has 0 amide bonds. The number of carbonyl (C=O) groups is 1. The molecule has 7 heteroatoms. The van der Waals surface area contributed by atoms with Crippen LogP contribution in [0.3, 0.4) is 0 Å². The molecule has 0 unspecified atom stereocenters. The molecular formula is C9H9N3O4. The van der Waals surface area contributed by atoms with Crippen LogP contribution in [0.4, 0.5) is 0 Å². The molecule has 7 nitrogen and oxygen atoms in total. The number of imidazole rings is 1. The normalized spacial score (nSPS) is 11.3. The first-order valence-corrected chi connectivity index (χ1v) is 4.31. The van der Waals surface area contributed by atoms with E-state index in [2.05, 4.69) is 4.98 Å². The van der Waals surface area contributed by atoms with Crippen LogP contribution in [0.25, 0.3) is 12.3 Å². The highest BCUT2D eigenvalue weighted by Gasteiger charge is 2.10. The van der Waals surface area contributed by atoms with Crippen molar-refractivity contribution in [3.05, 3.63) is 40.1 Å². The molecule has 0 fully saturated rings. The van der Waals surface area contributed by atoms with Crippen LogP contribution in [-0.2, 0) is 0 Å². The Bertz CT molecular complexity index is 473. The zero-order valence-corrected chi connectivity index (χ0v) is 8.40. The first-order valence-electron chi connectivity index (χ1n) is 4.31. The Morgan fingerprint density at radius 2 is 2.38 bits per heavy atom. The van der Waals surface area contributed by atoms with Gasteiger partial charge in [-0.3, -0.25) is 14.7 Å². The summed E-state index contributed by atoms with van der Waals surface area (Å²) in [5.41, 5.74) is -0.166. The predicted octanol–water partition coefficient (Wildman–Crippen LogP) is 1.32. The first-order chi connectivity index (χ1) is 7.54. The average molecular weight is 223 g/mol. The Morgan fingerprint density at radius 3 is 2.88 bits per heavy atom. The van der Waals surface area contributed by atoms with E-state index in [9.17, 15) is 14.9 Å². The maximum absolute atomic E-state index is 10.7. The second-order valence-corrected chi connectivity index (χ2v) is 2.78. The molecule has 1 aromatic heterocycles. The van der Waals surface area contributed by atoms with Gasteiger partial charge in [0, 0.05) is 6.20 Å². The van der Waals surface area contributed by atoms with Crippen LogP contribution in [0.1, 0.15) is 23.2 Å². The van der Waals surface area contributed by atoms with E-state index in [1.165, 1.54) is 10.8 Å². The maximum atomic E-state index is 10.7. The summed E-state index contributed by atoms with van der Waals surface area (Å²) in [6, 6.07) is 0. The van der Waals surface area contributed by atoms with Crippen molar-refractivity contribution < 1.29 is 14.8 Å². The molecule has 1 rings (SSSR count). The van der Waals surface area contributed by atoms with Crippen LogP contribution in [0.2, 0.25) is 0 Å². The van der Waals surface area contributed by atoms with Crippen LogP contribution >= 0.6 is 0 Å². The van der Waals surface area contributed by atoms with Gasteiger partial charge in [-0.25, -0.2) is 9.78 Å². The molecule has 0 aliphatic rings. The van der Waals surface area contributed by atoms with Gasteiger partial charge in [0.05, 0.1) is 11.1 Å². The Morgan fingerprint density at radius 1 is 1.69 bits per heavy atom. The van der Waals surface area contributed by atoms with E-state index in [0.717, 1.165) is 6.20 Å². The van der Waals surface area contributed by atoms with E-state index in [-0.39, 0.29) is 5.69 Å². The standard InChI is InChI=1S/C9H9N3O4/c1-2-3-8-10-7(9(13)14)6-11(8)4-5-12(15)16/h2-6H,1H3,(H,13,14)/b3-2-,5-4+. The zero-order chi connectivity index (χ0) is 12.1. The highest BCUT2D eigenvalue weighted by atomic mass is 16.6. The molecule has 1 heterocycles. The minimum atomic E-state index is -1.18. The Balaban J connectivity index is 3.14. The van der Waals surface area contributed by atoms with Crippen LogP contribution in [0.5, 0.6) is 0 Å². The smallest absolute Gasteiger partial charge is 0.356 e. The summed E-state index contributed by atoms with van der Waals surface area (Å²) in [5.74, 6) is -0.864. The van der Waals surface area contributed by atoms with E-state index in [4.69, 9.17) is 5.11 Å². The van der Waals surface area contributed by atoms with Crippen molar-refractivity contribution in [3.8, 4) is 0 Å². The number of aromatic nitrogens is 2. The van der Waals surface area contributed by atoms with Crippen molar-refractivity contribution in [1.82, 2.24) is 9.55 Å². The van der Waals surface area contributed by atoms with E-state index >= 15 is 0 Å². The van der Waals surface area contributed by atoms with Crippen molar-refractivity contribution in [2.45, 2.75) is 6.92 Å². The van der Waals surface area contributed by atoms with Crippen LogP contribution in [-0.4, -0.2) is 25.6 Å². The van der Waals surface area contributed by atoms with Crippen molar-refractivity contribution >= 4 is 18.2 Å². The first kappa shape index (κ1) is 11.6. The van der Waals surface area contributed by atoms with Gasteiger partial charge in [0.25, 0.3) is 6.20 Å². The van der Waals surface area contributed by atoms with Gasteiger partial charge in [0.15, 0.2) is 5.69 Å². The highest BCUT2D eigenvalue weighted by molar-refractivity contribution is 5.85. The summed E-state index contributed by atoms with van der Waals surface area (Å²) in [6.07, 6.45) is 6.26. The lowest BCUT2D eigenvalue weighted by atomic mass is 10.5. The fraction of sp³-hybridized carbons (Fsp3) is 0.111. The lowest BCUT2D eigenvalue weighted by molar-refractivity contribution is -0.401. The molecule has 0 bridgehead atoms. The van der Waals surface area contributed by atoms with E-state index in [1.54, 1.807) is 19.1 Å². The average Bonchev–Trinajstić information content (AvgIpc) is 2.59. The van der Waals surface area contributed by atoms with Gasteiger partial charge in [-0.05, 0) is 13.0 Å². The van der Waals surface area contributed by atoms with E-state index in [1.807, 2.05) is 0 Å². The van der Waals surface area contributed by atoms with Crippen LogP contribution < -0.4 is 0 Å². The van der Waals surface area contributed by atoms with E-state index in [0.29, 0.717) is 12.0 Å². The van der Waals surface area contributed by atoms with Gasteiger partial charge in [-0.1, -0.05) is 6.08 Å². The fourth-order valence-electron chi connectivity index (χ4n) is 1.03. The Kier molecular flexibility index (Phi) is 3.54. The number of hydrogen-bond donors (Lipinski definition) is 1. The summed E-state index contributed by atoms with van der Waals surface area (Å²) in [7, 11) is 0. The van der Waals surface area contributed by atoms with Crippen molar-refractivity contribution in [3.63, 3.8) is 0 Å². The molecule has 1 aromatic rings. The van der Waals surface area contributed by atoms with Crippen molar-refractivity contribution in [2.24, 2.45) is 0 Å². The molecular weight excluding hydrogens is 214 g/mol. The van der Waals surface area contributed by atoms with Crippen molar-refractivity contribution in [1.29, 1.82) is 0 Å². The predicted molar refractivity (Wildman–Crippen MR) is 56.2 cm³/mol. The molecule has 0 atom stereocenters. The molecule has 0 aliphatic carbocycles. The third-order valence-corrected chi connectivity index (χ3v) is 1.64. The topological polar surface area (TPSA) is 98.3 Å². The molecule has 16 heavy (non-hydrogen) atoms. The molecule has 0 radical (unpaired) electrons. The highest BCUT2D eigenvalue weighted by Crippen LogP contribution is 2.06. The molecule has 0 saturated carbocycles. The molecule has 84 valence electrons. The quantitative estimate of drug-likeness (QED) is 0.613. The van der Waals surface area contributed by atoms with Crippen LogP contribution in [0.15, 0.2) is 18.5 Å². The number of rotatable bonds is 4. The van der Waals surface area contributed by atoms with Gasteiger partial charge in [0.1, 0.15) is 5.82 Å². The SMILES string of the molecule is C/C=C\c1nc(C(=O)O)cn1/C=C/[N+](=O)[O-]. The summed E-state index contributed by atoms with van der Waals surface area (Å²) in [6.45, 7) is 1.73. The minimum absolute atomic E-state index is 0.166. The summed E-state index contributed by atoms with van der Waals surface area (Å²) < 4.78 is 1.27. The third kappa shape index (κ3) is 2.77. The van der Waals surface area contributed by atoms with Crippen LogP contribution in [0, 0.1) is 10.1 Å². The largest absolute Gasteiger partial charge is 0.476 e. The number of aromatic carboxylic acids is 1. The number of carboxylic acids is 1. The molecule has 0 spiro atoms. The Labute approximate surface area is 90.5 Å². The molecule has 0 aromatic carbocycles. The van der Waals surface area contributed by atoms with Gasteiger partial charge >= 0.3 is 5.97 Å². The Hall–Kier alpha value is -2.44. The zero-order valence-electron chi connectivity index (χ0n) is 8.40. The summed E-state index contributed by atoms with van der Waals surface area (Å²) >= 11 is 0. The lowest BCUT2D eigenvalue weighted by Crippen LogP contribution is -1.95. The number of hydrogen-bond acceptors (Lipinski definition) is 4. The molecule has 0 aliphatic heterocycles. The van der Waals surface area contributed by atoms with E-state index < -0.39 is 10.9 Å². The summed E-state index contributed by atoms with van der Waals surface area (Å²) in [4.78, 5) is 23.9. The second-order valence-electron chi connectivity index (χ2n) is 2.78. The van der Waals surface area contributed by atoms with Gasteiger partial charge in [-0.2, -0.15) is 0 Å². The lowest BCUT2D eigenvalue weighted by Gasteiger charge is -1.92. The fourth-order valence-corrected chi connectivity index (χ4v) is 1.03. The van der Waals surface area contributed by atoms with Gasteiger partial charge in [-0.15, -0.1) is 0 Å². The van der Waals surface area contributed by atoms with Gasteiger partial charge in [0.2, 0.25) is 0 Å². The second kappa shape index (κ2) is 4.87. The number of allylic oxidation sites excluding steroid dienone is 1. The third-order valence-electron chi connectivity index (χ3n) is 1.64. The maximum Gasteiger partial charge on any atom is 0.356 e. The molecule has 1 N–H and O–H groups in total. The monoisotopic (exact) mass is 223 g/mol. The van der Waals surface area contributed by atoms with Gasteiger partial charge < -0.3 is 5.11 Å². The number of nitro groups is 1. The number of nitrogens with zero attached hydrogens (tertiary/aromatic N) is 3. The minimum Gasteiger partial charge on any atom is -0.476 e. The number of carboxylic acid groups (broad SMARTS) is 1. The van der Waals surface area contributed by atoms with Crippen molar-refractivity contribution in [2.75, 3.05) is 0 Å². The summed E-state index contributed by atoms with van der Waals surface area (Å²) in [5, 5.41) is 18.8. The molecule has 0 saturated heterocycles.